The van der Waals surface area contributed by atoms with E-state index in [0.29, 0.717) is 6.04 Å². The summed E-state index contributed by atoms with van der Waals surface area (Å²) in [6.45, 7) is 3.25. The summed E-state index contributed by atoms with van der Waals surface area (Å²) in [5.74, 6) is 0.137. The first-order valence-corrected chi connectivity index (χ1v) is 6.83. The number of ether oxygens (including phenoxy) is 1. The molecule has 2 fully saturated rings. The van der Waals surface area contributed by atoms with Crippen molar-refractivity contribution in [3.05, 3.63) is 22.4 Å². The average molecular weight is 252 g/mol. The van der Waals surface area contributed by atoms with Crippen LogP contribution < -0.4 is 0 Å². The van der Waals surface area contributed by atoms with Gasteiger partial charge in [-0.15, -0.1) is 0 Å². The number of amides is 1. The highest BCUT2D eigenvalue weighted by atomic mass is 32.1. The molecular weight excluding hydrogens is 236 g/mol. The summed E-state index contributed by atoms with van der Waals surface area (Å²) in [7, 11) is 2.11. The maximum Gasteiger partial charge on any atom is 0.254 e. The van der Waals surface area contributed by atoms with E-state index < -0.39 is 0 Å². The highest BCUT2D eigenvalue weighted by molar-refractivity contribution is 7.08. The van der Waals surface area contributed by atoms with Crippen molar-refractivity contribution in [3.63, 3.8) is 0 Å². The molecule has 2 saturated heterocycles. The largest absolute Gasteiger partial charge is 0.373 e. The van der Waals surface area contributed by atoms with Gasteiger partial charge in [-0.3, -0.25) is 9.69 Å². The number of likely N-dealkylation sites (tertiary alicyclic amines) is 1. The molecule has 2 atom stereocenters. The van der Waals surface area contributed by atoms with Gasteiger partial charge in [0.2, 0.25) is 0 Å². The fourth-order valence-corrected chi connectivity index (χ4v) is 3.22. The Morgan fingerprint density at radius 2 is 2.41 bits per heavy atom. The van der Waals surface area contributed by atoms with E-state index in [-0.39, 0.29) is 12.0 Å². The molecule has 0 bridgehead atoms. The predicted molar refractivity (Wildman–Crippen MR) is 66.4 cm³/mol. The topological polar surface area (TPSA) is 32.8 Å². The van der Waals surface area contributed by atoms with Crippen molar-refractivity contribution in [1.29, 1.82) is 0 Å². The molecule has 92 valence electrons. The number of carbonyl (C=O) groups is 1. The molecule has 0 radical (unpaired) electrons. The highest BCUT2D eigenvalue weighted by Crippen LogP contribution is 2.23. The lowest BCUT2D eigenvalue weighted by Crippen LogP contribution is -2.48. The summed E-state index contributed by atoms with van der Waals surface area (Å²) < 4.78 is 5.74. The quantitative estimate of drug-likeness (QED) is 0.744. The van der Waals surface area contributed by atoms with Gasteiger partial charge in [0.05, 0.1) is 24.3 Å². The van der Waals surface area contributed by atoms with Gasteiger partial charge in [0.25, 0.3) is 5.91 Å². The third kappa shape index (κ3) is 1.99. The lowest BCUT2D eigenvalue weighted by atomic mass is 10.1. The van der Waals surface area contributed by atoms with Crippen LogP contribution in [0.5, 0.6) is 0 Å². The highest BCUT2D eigenvalue weighted by Gasteiger charge is 2.40. The Morgan fingerprint density at radius 3 is 3.12 bits per heavy atom. The van der Waals surface area contributed by atoms with Gasteiger partial charge in [0.15, 0.2) is 0 Å². The van der Waals surface area contributed by atoms with Gasteiger partial charge in [0, 0.05) is 25.0 Å². The second kappa shape index (κ2) is 4.40. The zero-order valence-electron chi connectivity index (χ0n) is 9.83. The smallest absolute Gasteiger partial charge is 0.254 e. The van der Waals surface area contributed by atoms with Crippen molar-refractivity contribution in [1.82, 2.24) is 9.80 Å². The molecule has 1 aromatic heterocycles. The van der Waals surface area contributed by atoms with Crippen LogP contribution in [-0.4, -0.2) is 61.1 Å². The Kier molecular flexibility index (Phi) is 2.90. The monoisotopic (exact) mass is 252 g/mol. The van der Waals surface area contributed by atoms with Crippen LogP contribution in [0.25, 0.3) is 0 Å². The van der Waals surface area contributed by atoms with E-state index >= 15 is 0 Å². The fraction of sp³-hybridized carbons (Fsp3) is 0.583. The summed E-state index contributed by atoms with van der Waals surface area (Å²) in [4.78, 5) is 16.4. The van der Waals surface area contributed by atoms with Crippen molar-refractivity contribution < 1.29 is 9.53 Å². The lowest BCUT2D eigenvalue weighted by Gasteiger charge is -2.33. The molecule has 0 N–H and O–H groups in total. The normalized spacial score (nSPS) is 29.4. The van der Waals surface area contributed by atoms with Gasteiger partial charge in [-0.2, -0.15) is 11.3 Å². The van der Waals surface area contributed by atoms with E-state index in [2.05, 4.69) is 11.9 Å². The summed E-state index contributed by atoms with van der Waals surface area (Å²) in [5, 5.41) is 3.86. The maximum absolute atomic E-state index is 12.2. The SMILES string of the molecule is CN1CCO[C@H]2CN(C(=O)c3ccsc3)C[C@H]21. The second-order valence-electron chi connectivity index (χ2n) is 4.68. The van der Waals surface area contributed by atoms with E-state index in [0.717, 1.165) is 31.8 Å². The van der Waals surface area contributed by atoms with E-state index in [9.17, 15) is 4.79 Å². The van der Waals surface area contributed by atoms with Crippen molar-refractivity contribution in [2.45, 2.75) is 12.1 Å². The molecule has 5 heteroatoms. The molecule has 0 saturated carbocycles. The number of fused-ring (bicyclic) bond motifs is 1. The molecule has 0 spiro atoms. The minimum absolute atomic E-state index is 0.137. The summed E-state index contributed by atoms with van der Waals surface area (Å²) in [6.07, 6.45) is 0.191. The van der Waals surface area contributed by atoms with Gasteiger partial charge in [-0.05, 0) is 18.5 Å². The summed E-state index contributed by atoms with van der Waals surface area (Å²) in [6, 6.07) is 2.26. The number of morpholine rings is 1. The second-order valence-corrected chi connectivity index (χ2v) is 5.46. The number of rotatable bonds is 1. The molecule has 4 nitrogen and oxygen atoms in total. The van der Waals surface area contributed by atoms with Crippen LogP contribution in [0.15, 0.2) is 16.8 Å². The molecular formula is C12H16N2O2S. The van der Waals surface area contributed by atoms with E-state index in [4.69, 9.17) is 4.74 Å². The number of likely N-dealkylation sites (N-methyl/N-ethyl adjacent to an activating group) is 1. The first-order chi connectivity index (χ1) is 8.25. The zero-order valence-corrected chi connectivity index (χ0v) is 10.7. The Morgan fingerprint density at radius 1 is 1.53 bits per heavy atom. The van der Waals surface area contributed by atoms with Crippen molar-refractivity contribution >= 4 is 17.2 Å². The Labute approximate surface area is 105 Å². The molecule has 2 aliphatic heterocycles. The third-order valence-electron chi connectivity index (χ3n) is 3.63. The Balaban J connectivity index is 1.73. The molecule has 0 aliphatic carbocycles. The minimum atomic E-state index is 0.137. The minimum Gasteiger partial charge on any atom is -0.373 e. The number of hydrogen-bond donors (Lipinski definition) is 0. The van der Waals surface area contributed by atoms with Crippen molar-refractivity contribution in [2.24, 2.45) is 0 Å². The maximum atomic E-state index is 12.2. The number of thiophene rings is 1. The van der Waals surface area contributed by atoms with Gasteiger partial charge < -0.3 is 9.64 Å². The van der Waals surface area contributed by atoms with E-state index in [1.165, 1.54) is 0 Å². The molecule has 17 heavy (non-hydrogen) atoms. The molecule has 3 rings (SSSR count). The van der Waals surface area contributed by atoms with Crippen LogP contribution in [0, 0.1) is 0 Å². The van der Waals surface area contributed by atoms with Crippen LogP contribution >= 0.6 is 11.3 Å². The van der Waals surface area contributed by atoms with Gasteiger partial charge in [0.1, 0.15) is 0 Å². The molecule has 2 aliphatic rings. The van der Waals surface area contributed by atoms with Crippen molar-refractivity contribution in [3.8, 4) is 0 Å². The number of nitrogens with zero attached hydrogens (tertiary/aromatic N) is 2. The first kappa shape index (κ1) is 11.2. The molecule has 1 amide bonds. The molecule has 0 unspecified atom stereocenters. The standard InChI is InChI=1S/C12H16N2O2S/c1-13-3-4-16-11-7-14(6-10(11)13)12(15)9-2-5-17-8-9/h2,5,8,10-11H,3-4,6-7H2,1H3/t10-,11+/m1/s1. The van der Waals surface area contributed by atoms with Crippen LogP contribution in [0.1, 0.15) is 10.4 Å². The summed E-state index contributed by atoms with van der Waals surface area (Å²) in [5.41, 5.74) is 0.802. The molecule has 3 heterocycles. The fourth-order valence-electron chi connectivity index (χ4n) is 2.59. The molecule has 0 aromatic carbocycles. The Hall–Kier alpha value is -0.910. The zero-order chi connectivity index (χ0) is 11.8. The van der Waals surface area contributed by atoms with Crippen LogP contribution in [0.2, 0.25) is 0 Å². The number of carbonyl (C=O) groups excluding carboxylic acids is 1. The van der Waals surface area contributed by atoms with Crippen LogP contribution in [-0.2, 0) is 4.74 Å². The lowest BCUT2D eigenvalue weighted by molar-refractivity contribution is -0.0368. The van der Waals surface area contributed by atoms with E-state index in [1.807, 2.05) is 21.7 Å². The van der Waals surface area contributed by atoms with Gasteiger partial charge in [-0.25, -0.2) is 0 Å². The van der Waals surface area contributed by atoms with Crippen LogP contribution in [0.4, 0.5) is 0 Å². The predicted octanol–water partition coefficient (Wildman–Crippen LogP) is 0.903. The third-order valence-corrected chi connectivity index (χ3v) is 4.32. The summed E-state index contributed by atoms with van der Waals surface area (Å²) >= 11 is 1.56. The molecule has 1 aromatic rings. The number of hydrogen-bond acceptors (Lipinski definition) is 4. The van der Waals surface area contributed by atoms with Gasteiger partial charge in [-0.1, -0.05) is 0 Å². The van der Waals surface area contributed by atoms with E-state index in [1.54, 1.807) is 11.3 Å². The average Bonchev–Trinajstić information content (AvgIpc) is 2.98. The van der Waals surface area contributed by atoms with Crippen LogP contribution in [0.3, 0.4) is 0 Å². The Bertz CT molecular complexity index is 407. The van der Waals surface area contributed by atoms with Crippen molar-refractivity contribution in [2.75, 3.05) is 33.3 Å². The van der Waals surface area contributed by atoms with Gasteiger partial charge >= 0.3 is 0 Å². The first-order valence-electron chi connectivity index (χ1n) is 5.89.